The van der Waals surface area contributed by atoms with E-state index in [0.29, 0.717) is 11.6 Å². The maximum Gasteiger partial charge on any atom is 0.356 e. The van der Waals surface area contributed by atoms with Gasteiger partial charge in [0.2, 0.25) is 0 Å². The van der Waals surface area contributed by atoms with Crippen molar-refractivity contribution in [3.8, 4) is 0 Å². The first kappa shape index (κ1) is 12.0. The highest BCUT2D eigenvalue weighted by atomic mass is 16.4. The number of hydrogen-bond donors (Lipinski definition) is 2. The van der Waals surface area contributed by atoms with Crippen LogP contribution in [0.1, 0.15) is 54.8 Å². The Labute approximate surface area is 99.8 Å². The van der Waals surface area contributed by atoms with Crippen molar-refractivity contribution in [3.63, 3.8) is 0 Å². The zero-order valence-electron chi connectivity index (χ0n) is 9.96. The predicted molar refractivity (Wildman–Crippen MR) is 61.5 cm³/mol. The Morgan fingerprint density at radius 2 is 2.35 bits per heavy atom. The third kappa shape index (κ3) is 2.31. The zero-order valence-corrected chi connectivity index (χ0v) is 9.96. The summed E-state index contributed by atoms with van der Waals surface area (Å²) < 4.78 is 1.56. The van der Waals surface area contributed by atoms with Crippen molar-refractivity contribution >= 4 is 5.97 Å². The lowest BCUT2D eigenvalue weighted by Crippen LogP contribution is -2.23. The Morgan fingerprint density at radius 1 is 1.59 bits per heavy atom. The van der Waals surface area contributed by atoms with Crippen molar-refractivity contribution in [1.29, 1.82) is 0 Å². The minimum atomic E-state index is -0.992. The highest BCUT2D eigenvalue weighted by Gasteiger charge is 2.27. The fourth-order valence-corrected chi connectivity index (χ4v) is 2.57. The number of nitrogens with two attached hydrogens (primary N) is 1. The molecule has 2 unspecified atom stereocenters. The number of rotatable bonds is 3. The Kier molecular flexibility index (Phi) is 3.42. The minimum Gasteiger partial charge on any atom is -0.476 e. The van der Waals surface area contributed by atoms with Gasteiger partial charge in [-0.2, -0.15) is 0 Å². The summed E-state index contributed by atoms with van der Waals surface area (Å²) in [5.41, 5.74) is 6.01. The van der Waals surface area contributed by atoms with Gasteiger partial charge in [-0.1, -0.05) is 25.0 Å². The first-order valence-electron chi connectivity index (χ1n) is 6.01. The molecule has 0 aromatic carbocycles. The molecule has 3 N–H and O–H groups in total. The van der Waals surface area contributed by atoms with Gasteiger partial charge in [0.25, 0.3) is 0 Å². The van der Waals surface area contributed by atoms with E-state index in [9.17, 15) is 9.90 Å². The first-order chi connectivity index (χ1) is 8.13. The molecule has 0 bridgehead atoms. The molecule has 0 aliphatic heterocycles. The Bertz CT molecular complexity index is 416. The standard InChI is InChI=1S/C11H18N4O2/c1-7-3-2-4-8(5-7)15-10(11(16)17)9(6-12)13-14-15/h7-8H,2-6,12H2,1H3,(H,16,17). The van der Waals surface area contributed by atoms with Crippen LogP contribution in [0.25, 0.3) is 0 Å². The Morgan fingerprint density at radius 3 is 2.94 bits per heavy atom. The molecule has 0 saturated heterocycles. The second kappa shape index (κ2) is 4.83. The lowest BCUT2D eigenvalue weighted by atomic mass is 9.87. The molecule has 0 amide bonds. The summed E-state index contributed by atoms with van der Waals surface area (Å²) in [6.07, 6.45) is 4.26. The van der Waals surface area contributed by atoms with Gasteiger partial charge >= 0.3 is 5.97 Å². The average Bonchev–Trinajstić information content (AvgIpc) is 2.72. The van der Waals surface area contributed by atoms with Crippen LogP contribution in [0.3, 0.4) is 0 Å². The fraction of sp³-hybridized carbons (Fsp3) is 0.727. The van der Waals surface area contributed by atoms with Crippen LogP contribution in [-0.4, -0.2) is 26.1 Å². The van der Waals surface area contributed by atoms with Crippen LogP contribution in [0.5, 0.6) is 0 Å². The van der Waals surface area contributed by atoms with Gasteiger partial charge in [-0.25, -0.2) is 9.48 Å². The van der Waals surface area contributed by atoms with Crippen LogP contribution >= 0.6 is 0 Å². The van der Waals surface area contributed by atoms with E-state index in [1.54, 1.807) is 4.68 Å². The summed E-state index contributed by atoms with van der Waals surface area (Å²) in [5, 5.41) is 17.0. The largest absolute Gasteiger partial charge is 0.476 e. The normalized spacial score (nSPS) is 24.8. The molecule has 1 fully saturated rings. The van der Waals surface area contributed by atoms with E-state index in [0.717, 1.165) is 19.3 Å². The van der Waals surface area contributed by atoms with Crippen LogP contribution in [0.2, 0.25) is 0 Å². The molecule has 2 atom stereocenters. The lowest BCUT2D eigenvalue weighted by Gasteiger charge is -2.27. The van der Waals surface area contributed by atoms with E-state index in [4.69, 9.17) is 5.73 Å². The maximum absolute atomic E-state index is 11.2. The summed E-state index contributed by atoms with van der Waals surface area (Å²) in [4.78, 5) is 11.2. The average molecular weight is 238 g/mol. The number of carbonyl (C=O) groups is 1. The molecule has 1 aromatic rings. The van der Waals surface area contributed by atoms with Crippen molar-refractivity contribution in [2.75, 3.05) is 0 Å². The topological polar surface area (TPSA) is 94.0 Å². The van der Waals surface area contributed by atoms with Gasteiger partial charge in [0.05, 0.1) is 6.04 Å². The highest BCUT2D eigenvalue weighted by molar-refractivity contribution is 5.86. The smallest absolute Gasteiger partial charge is 0.356 e. The van der Waals surface area contributed by atoms with Gasteiger partial charge in [-0.15, -0.1) is 5.10 Å². The molecule has 1 aromatic heterocycles. The van der Waals surface area contributed by atoms with E-state index in [2.05, 4.69) is 17.2 Å². The molecular weight excluding hydrogens is 220 g/mol. The van der Waals surface area contributed by atoms with Gasteiger partial charge in [0.15, 0.2) is 5.69 Å². The monoisotopic (exact) mass is 238 g/mol. The molecule has 6 heteroatoms. The fourth-order valence-electron chi connectivity index (χ4n) is 2.57. The predicted octanol–water partition coefficient (Wildman–Crippen LogP) is 1.19. The maximum atomic E-state index is 11.2. The van der Waals surface area contributed by atoms with Crippen LogP contribution in [-0.2, 0) is 6.54 Å². The third-order valence-electron chi connectivity index (χ3n) is 3.41. The molecule has 17 heavy (non-hydrogen) atoms. The number of carboxylic acids is 1. The number of carboxylic acid groups (broad SMARTS) is 1. The Balaban J connectivity index is 2.31. The van der Waals surface area contributed by atoms with E-state index in [1.165, 1.54) is 6.42 Å². The summed E-state index contributed by atoms with van der Waals surface area (Å²) in [5.74, 6) is -0.380. The molecule has 1 heterocycles. The van der Waals surface area contributed by atoms with Crippen molar-refractivity contribution in [2.24, 2.45) is 11.7 Å². The second-order valence-electron chi connectivity index (χ2n) is 4.76. The lowest BCUT2D eigenvalue weighted by molar-refractivity contribution is 0.0675. The Hall–Kier alpha value is -1.43. The molecule has 1 saturated carbocycles. The highest BCUT2D eigenvalue weighted by Crippen LogP contribution is 2.32. The van der Waals surface area contributed by atoms with E-state index in [1.807, 2.05) is 0 Å². The van der Waals surface area contributed by atoms with Crippen LogP contribution in [0.4, 0.5) is 0 Å². The number of aromatic carboxylic acids is 1. The third-order valence-corrected chi connectivity index (χ3v) is 3.41. The summed E-state index contributed by atoms with van der Waals surface area (Å²) in [6, 6.07) is 0.151. The first-order valence-corrected chi connectivity index (χ1v) is 6.01. The van der Waals surface area contributed by atoms with Crippen molar-refractivity contribution in [2.45, 2.75) is 45.2 Å². The van der Waals surface area contributed by atoms with Crippen LogP contribution in [0.15, 0.2) is 0 Å². The molecule has 94 valence electrons. The summed E-state index contributed by atoms with van der Waals surface area (Å²) in [7, 11) is 0. The molecule has 2 rings (SSSR count). The van der Waals surface area contributed by atoms with Gasteiger partial charge in [-0.3, -0.25) is 0 Å². The van der Waals surface area contributed by atoms with E-state index < -0.39 is 5.97 Å². The van der Waals surface area contributed by atoms with Crippen molar-refractivity contribution in [3.05, 3.63) is 11.4 Å². The van der Waals surface area contributed by atoms with Gasteiger partial charge in [0, 0.05) is 6.54 Å². The number of hydrogen-bond acceptors (Lipinski definition) is 4. The minimum absolute atomic E-state index is 0.115. The van der Waals surface area contributed by atoms with Crippen LogP contribution < -0.4 is 5.73 Å². The van der Waals surface area contributed by atoms with Gasteiger partial charge in [-0.05, 0) is 18.8 Å². The van der Waals surface area contributed by atoms with Crippen LogP contribution in [0, 0.1) is 5.92 Å². The van der Waals surface area contributed by atoms with Gasteiger partial charge in [0.1, 0.15) is 5.69 Å². The summed E-state index contributed by atoms with van der Waals surface area (Å²) in [6.45, 7) is 2.30. The van der Waals surface area contributed by atoms with E-state index in [-0.39, 0.29) is 18.3 Å². The number of nitrogens with zero attached hydrogens (tertiary/aromatic N) is 3. The molecule has 1 aliphatic rings. The molecular formula is C11H18N4O2. The summed E-state index contributed by atoms with van der Waals surface area (Å²) >= 11 is 0. The quantitative estimate of drug-likeness (QED) is 0.824. The van der Waals surface area contributed by atoms with E-state index >= 15 is 0 Å². The van der Waals surface area contributed by atoms with Gasteiger partial charge < -0.3 is 10.8 Å². The van der Waals surface area contributed by atoms with Crippen molar-refractivity contribution in [1.82, 2.24) is 15.0 Å². The molecule has 6 nitrogen and oxygen atoms in total. The number of aromatic nitrogens is 3. The molecule has 1 aliphatic carbocycles. The zero-order chi connectivity index (χ0) is 12.4. The second-order valence-corrected chi connectivity index (χ2v) is 4.76. The molecule has 0 spiro atoms. The molecule has 0 radical (unpaired) electrons. The SMILES string of the molecule is CC1CCCC(n2nnc(CN)c2C(=O)O)C1. The van der Waals surface area contributed by atoms with Crippen molar-refractivity contribution < 1.29 is 9.90 Å².